The van der Waals surface area contributed by atoms with Crippen molar-refractivity contribution in [3.05, 3.63) is 77.2 Å². The van der Waals surface area contributed by atoms with Crippen LogP contribution in [0.2, 0.25) is 0 Å². The predicted octanol–water partition coefficient (Wildman–Crippen LogP) is 3.50. The Balaban J connectivity index is 1.67. The van der Waals surface area contributed by atoms with Gasteiger partial charge in [0.25, 0.3) is 5.91 Å². The average Bonchev–Trinajstić information content (AvgIpc) is 3.28. The highest BCUT2D eigenvalue weighted by Crippen LogP contribution is 2.27. The van der Waals surface area contributed by atoms with Gasteiger partial charge in [-0.05, 0) is 29.8 Å². The van der Waals surface area contributed by atoms with E-state index in [-0.39, 0.29) is 34.6 Å². The van der Waals surface area contributed by atoms with Crippen molar-refractivity contribution in [3.8, 4) is 11.8 Å². The lowest BCUT2D eigenvalue weighted by Gasteiger charge is -2.19. The van der Waals surface area contributed by atoms with E-state index < -0.39 is 23.6 Å². The monoisotopic (exact) mass is 477 g/mol. The normalized spacial score (nSPS) is 11.6. The lowest BCUT2D eigenvalue weighted by Crippen LogP contribution is -2.29. The maximum Gasteiger partial charge on any atom is 0.252 e. The molecule has 4 rings (SSSR count). The van der Waals surface area contributed by atoms with Crippen LogP contribution in [0.25, 0.3) is 10.9 Å². The molecule has 2 aromatic carbocycles. The zero-order valence-corrected chi connectivity index (χ0v) is 18.9. The Hall–Kier alpha value is -4.59. The number of rotatable bonds is 8. The molecule has 11 heteroatoms. The van der Waals surface area contributed by atoms with Gasteiger partial charge in [0, 0.05) is 37.1 Å². The molecule has 0 aliphatic heterocycles. The molecule has 2 N–H and O–H groups in total. The van der Waals surface area contributed by atoms with E-state index in [4.69, 9.17) is 10.00 Å². The van der Waals surface area contributed by atoms with Crippen LogP contribution in [0, 0.1) is 23.0 Å². The number of nitrogens with zero attached hydrogens (tertiary/aromatic N) is 5. The Morgan fingerprint density at radius 2 is 2.03 bits per heavy atom. The Morgan fingerprint density at radius 1 is 1.20 bits per heavy atom. The molecule has 0 aliphatic carbocycles. The highest BCUT2D eigenvalue weighted by atomic mass is 19.1. The number of benzene rings is 2. The van der Waals surface area contributed by atoms with Crippen molar-refractivity contribution in [3.63, 3.8) is 0 Å². The van der Waals surface area contributed by atoms with Gasteiger partial charge < -0.3 is 15.4 Å². The summed E-state index contributed by atoms with van der Waals surface area (Å²) in [7, 11) is 3.08. The number of hydrogen-bond acceptors (Lipinski definition) is 7. The maximum absolute atomic E-state index is 14.8. The summed E-state index contributed by atoms with van der Waals surface area (Å²) in [4.78, 5) is 21.5. The van der Waals surface area contributed by atoms with Crippen LogP contribution in [-0.2, 0) is 7.05 Å². The van der Waals surface area contributed by atoms with Crippen LogP contribution in [0.1, 0.15) is 33.9 Å². The zero-order valence-electron chi connectivity index (χ0n) is 18.9. The fraction of sp³-hybridized carbons (Fsp3) is 0.208. The topological polar surface area (TPSA) is 118 Å². The van der Waals surface area contributed by atoms with Crippen LogP contribution >= 0.6 is 0 Å². The van der Waals surface area contributed by atoms with E-state index in [1.54, 1.807) is 30.2 Å². The van der Waals surface area contributed by atoms with Gasteiger partial charge in [0.05, 0.1) is 42.7 Å². The molecule has 0 spiro atoms. The summed E-state index contributed by atoms with van der Waals surface area (Å²) in [6.45, 7) is 0.329. The number of hydrogen-bond donors (Lipinski definition) is 2. The number of ether oxygens (including phenoxy) is 1. The fourth-order valence-corrected chi connectivity index (χ4v) is 3.56. The minimum absolute atomic E-state index is 0.0274. The number of halogens is 2. The van der Waals surface area contributed by atoms with Crippen molar-refractivity contribution >= 4 is 22.8 Å². The molecule has 9 nitrogen and oxygen atoms in total. The smallest absolute Gasteiger partial charge is 0.252 e. The van der Waals surface area contributed by atoms with Crippen molar-refractivity contribution in [1.82, 2.24) is 25.1 Å². The summed E-state index contributed by atoms with van der Waals surface area (Å²) >= 11 is 0. The van der Waals surface area contributed by atoms with Crippen molar-refractivity contribution in [2.45, 2.75) is 12.5 Å². The van der Waals surface area contributed by atoms with Gasteiger partial charge in [-0.2, -0.15) is 10.4 Å². The number of amides is 1. The highest BCUT2D eigenvalue weighted by Gasteiger charge is 2.22. The Kier molecular flexibility index (Phi) is 6.82. The number of carbonyl (C=O) groups excluding carboxylic acids is 1. The third-order valence-electron chi connectivity index (χ3n) is 5.27. The summed E-state index contributed by atoms with van der Waals surface area (Å²) in [5, 5.41) is 18.7. The van der Waals surface area contributed by atoms with Gasteiger partial charge in [-0.15, -0.1) is 0 Å². The van der Waals surface area contributed by atoms with E-state index in [9.17, 15) is 13.6 Å². The first kappa shape index (κ1) is 23.6. The third-order valence-corrected chi connectivity index (χ3v) is 5.27. The van der Waals surface area contributed by atoms with Gasteiger partial charge in [-0.25, -0.2) is 18.7 Å². The zero-order chi connectivity index (χ0) is 24.9. The number of carbonyl (C=O) groups is 1. The molecule has 1 atom stereocenters. The van der Waals surface area contributed by atoms with E-state index in [0.717, 1.165) is 6.07 Å². The first-order chi connectivity index (χ1) is 16.9. The van der Waals surface area contributed by atoms with Crippen molar-refractivity contribution in [2.75, 3.05) is 19.0 Å². The molecule has 0 bridgehead atoms. The largest absolute Gasteiger partial charge is 0.494 e. The first-order valence-electron chi connectivity index (χ1n) is 10.6. The van der Waals surface area contributed by atoms with E-state index >= 15 is 0 Å². The van der Waals surface area contributed by atoms with Gasteiger partial charge in [-0.3, -0.25) is 9.48 Å². The number of aryl methyl sites for hydroxylation is 1. The van der Waals surface area contributed by atoms with Crippen LogP contribution in [-0.4, -0.2) is 39.3 Å². The summed E-state index contributed by atoms with van der Waals surface area (Å²) in [6.07, 6.45) is 4.81. The Morgan fingerprint density at radius 3 is 2.71 bits per heavy atom. The van der Waals surface area contributed by atoms with Crippen LogP contribution in [0.3, 0.4) is 0 Å². The average molecular weight is 477 g/mol. The second-order valence-corrected chi connectivity index (χ2v) is 7.67. The van der Waals surface area contributed by atoms with Crippen LogP contribution < -0.4 is 15.4 Å². The molecular formula is C24H21F2N7O2. The third kappa shape index (κ3) is 5.16. The van der Waals surface area contributed by atoms with Crippen LogP contribution in [0.15, 0.2) is 48.9 Å². The number of methoxy groups -OCH3 is 1. The Labute approximate surface area is 199 Å². The van der Waals surface area contributed by atoms with Crippen LogP contribution in [0.5, 0.6) is 5.75 Å². The van der Waals surface area contributed by atoms with Crippen molar-refractivity contribution < 1.29 is 18.3 Å². The number of nitriles is 1. The molecule has 2 heterocycles. The molecule has 0 aliphatic rings. The Bertz CT molecular complexity index is 1430. The summed E-state index contributed by atoms with van der Waals surface area (Å²) in [5.74, 6) is -1.55. The summed E-state index contributed by atoms with van der Waals surface area (Å²) in [6, 6.07) is 8.14. The second-order valence-electron chi connectivity index (χ2n) is 7.67. The van der Waals surface area contributed by atoms with Crippen molar-refractivity contribution in [1.29, 1.82) is 5.26 Å². The molecule has 0 fully saturated rings. The lowest BCUT2D eigenvalue weighted by atomic mass is 10.0. The van der Waals surface area contributed by atoms with Crippen molar-refractivity contribution in [2.24, 2.45) is 7.05 Å². The minimum atomic E-state index is -0.760. The van der Waals surface area contributed by atoms with E-state index in [1.165, 1.54) is 31.5 Å². The number of fused-ring (bicyclic) bond motifs is 1. The standard InChI is InChI=1S/C24H21F2N7O2/c1-33-13-16(11-30-33)22(14-4-5-21(35-2)19(26)8-14)32-23(34)15-9-18(25)17-12-29-24(28-7-3-6-27)31-20(17)10-15/h4-5,8-13,22H,3,7H2,1-2H3,(H,32,34)(H,28,29,31)/t22-/m0/s1. The van der Waals surface area contributed by atoms with Gasteiger partial charge in [0.2, 0.25) is 5.95 Å². The van der Waals surface area contributed by atoms with Crippen LogP contribution in [0.4, 0.5) is 14.7 Å². The van der Waals surface area contributed by atoms with Gasteiger partial charge in [0.1, 0.15) is 5.82 Å². The molecule has 4 aromatic rings. The number of anilines is 1. The van der Waals surface area contributed by atoms with Gasteiger partial charge >= 0.3 is 0 Å². The van der Waals surface area contributed by atoms with E-state index in [0.29, 0.717) is 17.7 Å². The number of nitrogens with one attached hydrogen (secondary N) is 2. The molecule has 0 unspecified atom stereocenters. The molecule has 0 saturated carbocycles. The second kappa shape index (κ2) is 10.1. The molecule has 0 radical (unpaired) electrons. The van der Waals surface area contributed by atoms with E-state index in [1.807, 2.05) is 6.07 Å². The molecule has 1 amide bonds. The summed E-state index contributed by atoms with van der Waals surface area (Å²) < 4.78 is 35.7. The predicted molar refractivity (Wildman–Crippen MR) is 124 cm³/mol. The maximum atomic E-state index is 14.8. The molecule has 35 heavy (non-hydrogen) atoms. The summed E-state index contributed by atoms with van der Waals surface area (Å²) in [5.41, 5.74) is 1.31. The van der Waals surface area contributed by atoms with Gasteiger partial charge in [-0.1, -0.05) is 6.07 Å². The first-order valence-corrected chi connectivity index (χ1v) is 10.6. The molecule has 178 valence electrons. The highest BCUT2D eigenvalue weighted by molar-refractivity contribution is 5.98. The molecular weight excluding hydrogens is 456 g/mol. The SMILES string of the molecule is COc1ccc([C@H](NC(=O)c2cc(F)c3cnc(NCCC#N)nc3c2)c2cnn(C)c2)cc1F. The number of aromatic nitrogens is 4. The van der Waals surface area contributed by atoms with E-state index in [2.05, 4.69) is 25.7 Å². The lowest BCUT2D eigenvalue weighted by molar-refractivity contribution is 0.0942. The quantitative estimate of drug-likeness (QED) is 0.373. The fourth-order valence-electron chi connectivity index (χ4n) is 3.56. The molecule has 2 aromatic heterocycles. The van der Waals surface area contributed by atoms with Gasteiger partial charge in [0.15, 0.2) is 11.6 Å². The molecule has 0 saturated heterocycles. The minimum Gasteiger partial charge on any atom is -0.494 e.